The van der Waals surface area contributed by atoms with Gasteiger partial charge in [-0.25, -0.2) is 4.98 Å². The molecule has 4 nitrogen and oxygen atoms in total. The van der Waals surface area contributed by atoms with E-state index in [0.29, 0.717) is 17.0 Å². The van der Waals surface area contributed by atoms with Crippen LogP contribution in [0.1, 0.15) is 60.8 Å². The number of pyridine rings is 1. The summed E-state index contributed by atoms with van der Waals surface area (Å²) in [6, 6.07) is 13.1. The van der Waals surface area contributed by atoms with Gasteiger partial charge in [0.15, 0.2) is 0 Å². The van der Waals surface area contributed by atoms with Gasteiger partial charge in [-0.3, -0.25) is 4.57 Å². The zero-order chi connectivity index (χ0) is 59.1. The Balaban J connectivity index is 1.16. The van der Waals surface area contributed by atoms with Gasteiger partial charge >= 0.3 is 0 Å². The standard InChI is InChI=1S/C59H46F2N4/c1-58(2,3)44-32-33-62-56(38-44)65-52-27-14-13-26-48(52)49-31-30-46(37-55(49)65)59(60,61)45-24-17-25-47(36-45)63-39-64(54-29-16-15-28-53(54)63)57-50(41-20-9-5-10-21-41)34-43(40-18-7-4-8-19-40)35-51(57)42-22-11-6-12-23-42/h4-38H,39H2,1-3H3/i4D,5D,6D,7D,8D,9D,10D,11D,12D,18D,19D,20D,21D,22D,23D,34D,35D. The topological polar surface area (TPSA) is 24.3 Å². The highest BCUT2D eigenvalue weighted by atomic mass is 19.3. The van der Waals surface area contributed by atoms with Gasteiger partial charge in [0.1, 0.15) is 12.5 Å². The molecule has 3 heterocycles. The molecule has 1 aliphatic heterocycles. The van der Waals surface area contributed by atoms with Crippen LogP contribution in [0.15, 0.2) is 212 Å². The van der Waals surface area contributed by atoms with Crippen molar-refractivity contribution in [3.63, 3.8) is 0 Å². The Hall–Kier alpha value is -7.83. The van der Waals surface area contributed by atoms with Crippen LogP contribution in [0.2, 0.25) is 0 Å². The van der Waals surface area contributed by atoms with Gasteiger partial charge in [-0.1, -0.05) is 166 Å². The molecule has 0 fully saturated rings. The van der Waals surface area contributed by atoms with Gasteiger partial charge in [0.2, 0.25) is 0 Å². The van der Waals surface area contributed by atoms with Crippen molar-refractivity contribution < 1.29 is 32.1 Å². The average Bonchev–Trinajstić information content (AvgIpc) is 1.49. The van der Waals surface area contributed by atoms with Crippen molar-refractivity contribution in [1.82, 2.24) is 9.55 Å². The third kappa shape index (κ3) is 7.03. The summed E-state index contributed by atoms with van der Waals surface area (Å²) in [6.45, 7) is 5.77. The molecule has 316 valence electrons. The Morgan fingerprint density at radius 3 is 1.77 bits per heavy atom. The van der Waals surface area contributed by atoms with Crippen molar-refractivity contribution in [3.05, 3.63) is 229 Å². The summed E-state index contributed by atoms with van der Waals surface area (Å²) in [7, 11) is 0. The van der Waals surface area contributed by atoms with Crippen LogP contribution < -0.4 is 9.80 Å². The Labute approximate surface area is 402 Å². The second-order valence-corrected chi connectivity index (χ2v) is 16.6. The molecule has 11 rings (SSSR count). The predicted octanol–water partition coefficient (Wildman–Crippen LogP) is 15.9. The van der Waals surface area contributed by atoms with Crippen LogP contribution in [0.5, 0.6) is 0 Å². The molecule has 0 amide bonds. The molecule has 10 aromatic rings. The number of alkyl halides is 2. The summed E-state index contributed by atoms with van der Waals surface area (Å²) >= 11 is 0. The molecule has 0 atom stereocenters. The zero-order valence-corrected chi connectivity index (χ0v) is 35.1. The largest absolute Gasteiger partial charge is 0.321 e. The number of rotatable bonds is 8. The number of aromatic nitrogens is 2. The van der Waals surface area contributed by atoms with E-state index in [0.717, 1.165) is 21.9 Å². The minimum atomic E-state index is -3.66. The van der Waals surface area contributed by atoms with E-state index in [4.69, 9.17) is 20.1 Å². The quantitative estimate of drug-likeness (QED) is 0.152. The maximum Gasteiger partial charge on any atom is 0.298 e. The lowest BCUT2D eigenvalue weighted by atomic mass is 9.88. The normalized spacial score (nSPS) is 16.5. The minimum Gasteiger partial charge on any atom is -0.321 e. The van der Waals surface area contributed by atoms with Crippen LogP contribution >= 0.6 is 0 Å². The fourth-order valence-corrected chi connectivity index (χ4v) is 8.49. The monoisotopic (exact) mass is 865 g/mol. The molecule has 65 heavy (non-hydrogen) atoms. The summed E-state index contributed by atoms with van der Waals surface area (Å²) < 4.78 is 190. The van der Waals surface area contributed by atoms with Gasteiger partial charge in [0, 0.05) is 44.9 Å². The number of hydrogen-bond acceptors (Lipinski definition) is 3. The van der Waals surface area contributed by atoms with E-state index >= 15 is 8.78 Å². The molecule has 0 saturated heterocycles. The third-order valence-electron chi connectivity index (χ3n) is 11.6. The Bertz CT molecular complexity index is 4220. The first-order valence-corrected chi connectivity index (χ1v) is 20.7. The van der Waals surface area contributed by atoms with Crippen molar-refractivity contribution in [2.45, 2.75) is 32.1 Å². The minimum absolute atomic E-state index is 0.173. The molecular formula is C59H46F2N4. The van der Waals surface area contributed by atoms with Gasteiger partial charge in [0.25, 0.3) is 5.92 Å². The van der Waals surface area contributed by atoms with Gasteiger partial charge in [-0.2, -0.15) is 8.78 Å². The maximum atomic E-state index is 17.6. The SMILES string of the molecule is [2H]c1c([2H])c([2H])c(-c2c([2H])c(-c3c([2H])c([2H])c([2H])c([2H])c3[2H])c(N3CN(c4cccc(C(F)(F)c5ccc6c7ccccc7n(-c7cc(C(C)(C)C)ccn7)c6c5)c4)c4ccccc43)c(-c3c([2H])c([2H])c([2H])c([2H])c3[2H])c2[2H])c([2H])c1[2H]. The Kier molecular flexibility index (Phi) is 6.17. The van der Waals surface area contributed by atoms with E-state index in [1.54, 1.807) is 47.5 Å². The third-order valence-corrected chi connectivity index (χ3v) is 11.6. The molecule has 0 spiro atoms. The highest BCUT2D eigenvalue weighted by molar-refractivity contribution is 6.09. The molecule has 2 aromatic heterocycles. The second kappa shape index (κ2) is 15.8. The number of nitrogens with zero attached hydrogens (tertiary/aromatic N) is 4. The van der Waals surface area contributed by atoms with Crippen LogP contribution in [-0.4, -0.2) is 16.2 Å². The van der Waals surface area contributed by atoms with E-state index in [9.17, 15) is 8.22 Å². The molecule has 0 aliphatic carbocycles. The molecule has 0 unspecified atom stereocenters. The zero-order valence-electron chi connectivity index (χ0n) is 52.1. The number of anilines is 4. The van der Waals surface area contributed by atoms with Crippen molar-refractivity contribution in [2.75, 3.05) is 16.5 Å². The maximum absolute atomic E-state index is 17.6. The smallest absolute Gasteiger partial charge is 0.298 e. The van der Waals surface area contributed by atoms with Crippen molar-refractivity contribution >= 4 is 44.6 Å². The van der Waals surface area contributed by atoms with Gasteiger partial charge in [-0.05, 0) is 93.8 Å². The van der Waals surface area contributed by atoms with E-state index in [1.807, 2.05) is 41.0 Å². The number of halogens is 2. The number of hydrogen-bond donors (Lipinski definition) is 0. The van der Waals surface area contributed by atoms with Gasteiger partial charge in [0.05, 0.1) is 51.4 Å². The van der Waals surface area contributed by atoms with Crippen molar-refractivity contribution in [1.29, 1.82) is 0 Å². The fraction of sp³-hybridized carbons (Fsp3) is 0.102. The predicted molar refractivity (Wildman–Crippen MR) is 265 cm³/mol. The molecule has 1 aliphatic rings. The van der Waals surface area contributed by atoms with Crippen molar-refractivity contribution in [2.24, 2.45) is 0 Å². The Morgan fingerprint density at radius 1 is 0.523 bits per heavy atom. The van der Waals surface area contributed by atoms with Crippen LogP contribution in [0.25, 0.3) is 61.0 Å². The van der Waals surface area contributed by atoms with Gasteiger partial charge in [-0.15, -0.1) is 0 Å². The van der Waals surface area contributed by atoms with Crippen LogP contribution in [-0.2, 0) is 11.3 Å². The first-order valence-electron chi connectivity index (χ1n) is 29.2. The van der Waals surface area contributed by atoms with Gasteiger partial charge < -0.3 is 9.80 Å². The van der Waals surface area contributed by atoms with E-state index in [1.165, 1.54) is 35.2 Å². The first kappa shape index (κ1) is 25.5. The summed E-state index contributed by atoms with van der Waals surface area (Å²) in [6.07, 6.45) is 1.70. The Morgan fingerprint density at radius 2 is 1.11 bits per heavy atom. The van der Waals surface area contributed by atoms with E-state index in [2.05, 4.69) is 20.8 Å². The number of fused-ring (bicyclic) bond motifs is 4. The number of para-hydroxylation sites is 3. The molecule has 0 saturated carbocycles. The summed E-state index contributed by atoms with van der Waals surface area (Å²) in [5, 5.41) is 1.55. The summed E-state index contributed by atoms with van der Waals surface area (Å²) in [5.74, 6) is -3.12. The highest BCUT2D eigenvalue weighted by Crippen LogP contribution is 2.52. The van der Waals surface area contributed by atoms with Crippen LogP contribution in [0, 0.1) is 0 Å². The highest BCUT2D eigenvalue weighted by Gasteiger charge is 2.37. The molecule has 0 radical (unpaired) electrons. The second-order valence-electron chi connectivity index (χ2n) is 16.6. The summed E-state index contributed by atoms with van der Waals surface area (Å²) in [5.41, 5.74) is -2.59. The molecule has 0 bridgehead atoms. The fourth-order valence-electron chi connectivity index (χ4n) is 8.49. The average molecular weight is 866 g/mol. The molecule has 8 aromatic carbocycles. The first-order chi connectivity index (χ1) is 38.7. The molecule has 0 N–H and O–H groups in total. The lowest BCUT2D eigenvalue weighted by molar-refractivity contribution is 0.0430. The lowest BCUT2D eigenvalue weighted by Gasteiger charge is -2.28. The van der Waals surface area contributed by atoms with Crippen LogP contribution in [0.4, 0.5) is 31.5 Å². The lowest BCUT2D eigenvalue weighted by Crippen LogP contribution is -2.25. The molecule has 6 heteroatoms. The van der Waals surface area contributed by atoms with E-state index < -0.39 is 160 Å². The van der Waals surface area contributed by atoms with E-state index in [-0.39, 0.29) is 22.4 Å². The molecular weight excluding hydrogens is 803 g/mol. The van der Waals surface area contributed by atoms with Crippen LogP contribution in [0.3, 0.4) is 0 Å². The van der Waals surface area contributed by atoms with Crippen molar-refractivity contribution in [3.8, 4) is 39.2 Å². The summed E-state index contributed by atoms with van der Waals surface area (Å²) in [4.78, 5) is 7.70. The number of benzene rings is 8.